The second kappa shape index (κ2) is 7.35. The maximum Gasteiger partial charge on any atom is 0.321 e. The van der Waals surface area contributed by atoms with E-state index in [1.807, 2.05) is 0 Å². The van der Waals surface area contributed by atoms with Crippen LogP contribution in [-0.2, 0) is 14.6 Å². The minimum absolute atomic E-state index is 0.161. The Morgan fingerprint density at radius 1 is 1.48 bits per heavy atom. The van der Waals surface area contributed by atoms with Crippen LogP contribution in [-0.4, -0.2) is 77.6 Å². The average Bonchev–Trinajstić information content (AvgIpc) is 2.37. The first-order chi connectivity index (χ1) is 9.68. The molecule has 9 heteroatoms. The second-order valence-corrected chi connectivity index (χ2v) is 8.42. The Morgan fingerprint density at radius 3 is 2.57 bits per heavy atom. The highest BCUT2D eigenvalue weighted by Crippen LogP contribution is 2.22. The zero-order chi connectivity index (χ0) is 16.2. The zero-order valence-corrected chi connectivity index (χ0v) is 14.1. The molecule has 0 aliphatic carbocycles. The quantitative estimate of drug-likeness (QED) is 0.793. The van der Waals surface area contributed by atoms with Crippen molar-refractivity contribution < 1.29 is 23.1 Å². The monoisotopic (exact) mass is 338 g/mol. The summed E-state index contributed by atoms with van der Waals surface area (Å²) in [5, 5.41) is 8.01. The van der Waals surface area contributed by atoms with Crippen LogP contribution in [0.2, 0.25) is 0 Å². The summed E-state index contributed by atoms with van der Waals surface area (Å²) < 4.78 is 23.7. The molecule has 1 rings (SSSR count). The van der Waals surface area contributed by atoms with Crippen LogP contribution in [0.25, 0.3) is 0 Å². The summed E-state index contributed by atoms with van der Waals surface area (Å²) in [4.78, 5) is 26.2. The van der Waals surface area contributed by atoms with E-state index in [0.29, 0.717) is 24.6 Å². The number of carbonyl (C=O) groups excluding carboxylic acids is 1. The Labute approximate surface area is 129 Å². The maximum atomic E-state index is 12.6. The highest BCUT2D eigenvalue weighted by atomic mass is 32.2. The number of carboxylic acid groups (broad SMARTS) is 1. The van der Waals surface area contributed by atoms with Gasteiger partial charge in [-0.05, 0) is 13.8 Å². The largest absolute Gasteiger partial charge is 0.481 e. The van der Waals surface area contributed by atoms with Crippen molar-refractivity contribution >= 4 is 33.6 Å². The highest BCUT2D eigenvalue weighted by molar-refractivity contribution is 8.00. The summed E-state index contributed by atoms with van der Waals surface area (Å²) in [5.41, 5.74) is 0. The van der Waals surface area contributed by atoms with Gasteiger partial charge in [0.2, 0.25) is 0 Å². The Balaban J connectivity index is 2.93. The van der Waals surface area contributed by atoms with Gasteiger partial charge in [-0.25, -0.2) is 13.2 Å². The minimum Gasteiger partial charge on any atom is -0.481 e. The predicted octanol–water partition coefficient (Wildman–Crippen LogP) is 0.711. The van der Waals surface area contributed by atoms with Crippen LogP contribution >= 0.6 is 11.8 Å². The van der Waals surface area contributed by atoms with Crippen molar-refractivity contribution in [3.63, 3.8) is 0 Å². The number of rotatable bonds is 5. The predicted molar refractivity (Wildman–Crippen MR) is 82.2 cm³/mol. The van der Waals surface area contributed by atoms with E-state index in [9.17, 15) is 18.0 Å². The lowest BCUT2D eigenvalue weighted by Gasteiger charge is -2.39. The molecule has 1 aliphatic rings. The van der Waals surface area contributed by atoms with Crippen LogP contribution < -0.4 is 0 Å². The first-order valence-electron chi connectivity index (χ1n) is 6.74. The Kier molecular flexibility index (Phi) is 6.33. The molecule has 2 unspecified atom stereocenters. The van der Waals surface area contributed by atoms with Crippen molar-refractivity contribution in [2.24, 2.45) is 0 Å². The molecule has 7 nitrogen and oxygen atoms in total. The third-order valence-corrected chi connectivity index (χ3v) is 6.06. The number of hydrogen-bond donors (Lipinski definition) is 1. The molecule has 0 aromatic heterocycles. The van der Waals surface area contributed by atoms with Gasteiger partial charge in [0.15, 0.2) is 9.84 Å². The lowest BCUT2D eigenvalue weighted by molar-refractivity contribution is -0.138. The fourth-order valence-electron chi connectivity index (χ4n) is 2.32. The summed E-state index contributed by atoms with van der Waals surface area (Å²) >= 11 is 1.50. The van der Waals surface area contributed by atoms with Gasteiger partial charge in [0.05, 0.1) is 6.42 Å². The van der Waals surface area contributed by atoms with Crippen molar-refractivity contribution in [1.29, 1.82) is 0 Å². The first-order valence-corrected chi connectivity index (χ1v) is 9.85. The Bertz CT molecular complexity index is 494. The fourth-order valence-corrected chi connectivity index (χ4v) is 5.13. The van der Waals surface area contributed by atoms with Crippen LogP contribution in [0, 0.1) is 0 Å². The van der Waals surface area contributed by atoms with Crippen molar-refractivity contribution in [3.8, 4) is 0 Å². The maximum absolute atomic E-state index is 12.6. The number of sulfone groups is 1. The van der Waals surface area contributed by atoms with Crippen molar-refractivity contribution in [1.82, 2.24) is 9.80 Å². The molecular formula is C12H22N2O5S2. The minimum atomic E-state index is -3.37. The molecule has 1 saturated heterocycles. The third kappa shape index (κ3) is 4.77. The SMILES string of the molecule is CCN(C(=O)N1CCSCC1S(C)(=O)=O)C(C)CC(=O)O. The zero-order valence-electron chi connectivity index (χ0n) is 12.5. The Morgan fingerprint density at radius 2 is 2.10 bits per heavy atom. The number of thioether (sulfide) groups is 1. The van der Waals surface area contributed by atoms with E-state index in [2.05, 4.69) is 0 Å². The summed E-state index contributed by atoms with van der Waals surface area (Å²) in [5.74, 6) is 0.0561. The van der Waals surface area contributed by atoms with Crippen LogP contribution in [0.15, 0.2) is 0 Å². The number of urea groups is 1. The second-order valence-electron chi connectivity index (χ2n) is 5.07. The molecule has 0 radical (unpaired) electrons. The highest BCUT2D eigenvalue weighted by Gasteiger charge is 2.37. The van der Waals surface area contributed by atoms with Gasteiger partial charge >= 0.3 is 12.0 Å². The van der Waals surface area contributed by atoms with Crippen LogP contribution in [0.5, 0.6) is 0 Å². The van der Waals surface area contributed by atoms with E-state index >= 15 is 0 Å². The van der Waals surface area contributed by atoms with Gasteiger partial charge in [0.1, 0.15) is 5.37 Å². The molecule has 1 fully saturated rings. The van der Waals surface area contributed by atoms with E-state index < -0.39 is 33.3 Å². The van der Waals surface area contributed by atoms with Crippen LogP contribution in [0.1, 0.15) is 20.3 Å². The summed E-state index contributed by atoms with van der Waals surface area (Å²) in [6, 6.07) is -0.878. The normalized spacial score (nSPS) is 20.9. The molecule has 21 heavy (non-hydrogen) atoms. The van der Waals surface area contributed by atoms with E-state index in [-0.39, 0.29) is 6.42 Å². The molecule has 122 valence electrons. The van der Waals surface area contributed by atoms with Crippen molar-refractivity contribution in [2.45, 2.75) is 31.7 Å². The molecule has 0 aromatic carbocycles. The summed E-state index contributed by atoms with van der Waals surface area (Å²) in [7, 11) is -3.37. The Hall–Kier alpha value is -0.960. The molecular weight excluding hydrogens is 316 g/mol. The molecule has 0 aromatic rings. The molecule has 1 N–H and O–H groups in total. The number of aliphatic carboxylic acids is 1. The standard InChI is InChI=1S/C12H22N2O5S2/c1-4-13(9(2)7-11(15)16)12(17)14-5-6-20-8-10(14)21(3,18)19/h9-10H,4-8H2,1-3H3,(H,15,16). The van der Waals surface area contributed by atoms with Gasteiger partial charge in [0.25, 0.3) is 0 Å². The molecule has 1 heterocycles. The first kappa shape index (κ1) is 18.1. The summed E-state index contributed by atoms with van der Waals surface area (Å²) in [6.45, 7) is 4.11. The lowest BCUT2D eigenvalue weighted by atomic mass is 10.2. The van der Waals surface area contributed by atoms with Crippen molar-refractivity contribution in [3.05, 3.63) is 0 Å². The summed E-state index contributed by atoms with van der Waals surface area (Å²) in [6.07, 6.45) is 0.965. The van der Waals surface area contributed by atoms with Crippen molar-refractivity contribution in [2.75, 3.05) is 30.9 Å². The molecule has 1 aliphatic heterocycles. The van der Waals surface area contributed by atoms with E-state index in [1.165, 1.54) is 21.6 Å². The lowest BCUT2D eigenvalue weighted by Crippen LogP contribution is -2.56. The van der Waals surface area contributed by atoms with E-state index in [4.69, 9.17) is 5.11 Å². The van der Waals surface area contributed by atoms with Crippen LogP contribution in [0.3, 0.4) is 0 Å². The third-order valence-electron chi connectivity index (χ3n) is 3.41. The fraction of sp³-hybridized carbons (Fsp3) is 0.833. The van der Waals surface area contributed by atoms with E-state index in [1.54, 1.807) is 13.8 Å². The number of hydrogen-bond acceptors (Lipinski definition) is 5. The number of carbonyl (C=O) groups is 2. The molecule has 0 bridgehead atoms. The van der Waals surface area contributed by atoms with Gasteiger partial charge in [0, 0.05) is 36.9 Å². The van der Waals surface area contributed by atoms with E-state index in [0.717, 1.165) is 6.26 Å². The van der Waals surface area contributed by atoms with Gasteiger partial charge in [-0.3, -0.25) is 4.79 Å². The van der Waals surface area contributed by atoms with Gasteiger partial charge in [-0.15, -0.1) is 0 Å². The van der Waals surface area contributed by atoms with Gasteiger partial charge < -0.3 is 14.9 Å². The smallest absolute Gasteiger partial charge is 0.321 e. The molecule has 2 atom stereocenters. The number of nitrogens with zero attached hydrogens (tertiary/aromatic N) is 2. The topological polar surface area (TPSA) is 95.0 Å². The number of amides is 2. The van der Waals surface area contributed by atoms with Gasteiger partial charge in [-0.1, -0.05) is 0 Å². The average molecular weight is 338 g/mol. The molecule has 0 spiro atoms. The molecule has 2 amide bonds. The van der Waals surface area contributed by atoms with Gasteiger partial charge in [-0.2, -0.15) is 11.8 Å². The van der Waals surface area contributed by atoms with Crippen LogP contribution in [0.4, 0.5) is 4.79 Å². The number of carboxylic acids is 1. The molecule has 0 saturated carbocycles.